The first-order chi connectivity index (χ1) is 15.0. The van der Waals surface area contributed by atoms with Gasteiger partial charge in [-0.2, -0.15) is 8.78 Å². The summed E-state index contributed by atoms with van der Waals surface area (Å²) in [6, 6.07) is 7.36. The van der Waals surface area contributed by atoms with E-state index < -0.39 is 6.61 Å². The van der Waals surface area contributed by atoms with Crippen LogP contribution in [0.5, 0.6) is 5.75 Å². The molecule has 0 bridgehead atoms. The van der Waals surface area contributed by atoms with Crippen molar-refractivity contribution in [1.82, 2.24) is 0 Å². The van der Waals surface area contributed by atoms with Crippen LogP contribution in [0.4, 0.5) is 13.2 Å². The molecule has 0 saturated heterocycles. The van der Waals surface area contributed by atoms with Crippen molar-refractivity contribution in [3.63, 3.8) is 0 Å². The molecule has 0 radical (unpaired) electrons. The van der Waals surface area contributed by atoms with Crippen LogP contribution in [-0.4, -0.2) is 6.61 Å². The van der Waals surface area contributed by atoms with Crippen molar-refractivity contribution in [2.24, 2.45) is 5.92 Å². The Balaban J connectivity index is 1.84. The van der Waals surface area contributed by atoms with Crippen molar-refractivity contribution < 1.29 is 17.9 Å². The molecule has 2 aromatic carbocycles. The zero-order valence-electron chi connectivity index (χ0n) is 19.1. The molecule has 3 rings (SSSR count). The summed E-state index contributed by atoms with van der Waals surface area (Å²) in [5.41, 5.74) is 1.47. The Kier molecular flexibility index (Phi) is 9.10. The van der Waals surface area contributed by atoms with Crippen LogP contribution in [0.15, 0.2) is 24.3 Å². The highest BCUT2D eigenvalue weighted by Crippen LogP contribution is 2.44. The van der Waals surface area contributed by atoms with E-state index in [0.29, 0.717) is 22.3 Å². The normalized spacial score (nSPS) is 19.3. The van der Waals surface area contributed by atoms with Crippen LogP contribution < -0.4 is 4.74 Å². The molecule has 172 valence electrons. The first-order valence-electron chi connectivity index (χ1n) is 12.2. The van der Waals surface area contributed by atoms with Gasteiger partial charge < -0.3 is 4.74 Å². The van der Waals surface area contributed by atoms with E-state index in [1.165, 1.54) is 25.7 Å². The summed E-state index contributed by atoms with van der Waals surface area (Å²) in [4.78, 5) is 0. The maximum atomic E-state index is 15.6. The molecule has 4 heteroatoms. The SMILES string of the molecule is CCCCCc1ccc2c(F)c(C3CCC(CCCCC)CC3)c(OC(F)F)cc2c1. The van der Waals surface area contributed by atoms with Crippen LogP contribution in [0, 0.1) is 11.7 Å². The number of ether oxygens (including phenoxy) is 1. The molecule has 31 heavy (non-hydrogen) atoms. The van der Waals surface area contributed by atoms with Gasteiger partial charge in [-0.05, 0) is 67.4 Å². The van der Waals surface area contributed by atoms with Crippen LogP contribution in [0.3, 0.4) is 0 Å². The highest BCUT2D eigenvalue weighted by Gasteiger charge is 2.29. The molecule has 1 aliphatic carbocycles. The van der Waals surface area contributed by atoms with Gasteiger partial charge in [0.15, 0.2) is 0 Å². The fraction of sp³-hybridized carbons (Fsp3) is 0.630. The van der Waals surface area contributed by atoms with Crippen molar-refractivity contribution in [3.05, 3.63) is 41.2 Å². The lowest BCUT2D eigenvalue weighted by Gasteiger charge is -2.30. The minimum Gasteiger partial charge on any atom is -0.434 e. The topological polar surface area (TPSA) is 9.23 Å². The monoisotopic (exact) mass is 434 g/mol. The number of halogens is 3. The quantitative estimate of drug-likeness (QED) is 0.320. The number of benzene rings is 2. The number of alkyl halides is 2. The maximum absolute atomic E-state index is 15.6. The van der Waals surface area contributed by atoms with E-state index in [2.05, 4.69) is 13.8 Å². The first kappa shape index (κ1) is 23.9. The molecule has 1 fully saturated rings. The van der Waals surface area contributed by atoms with E-state index in [0.717, 1.165) is 56.9 Å². The van der Waals surface area contributed by atoms with Gasteiger partial charge in [0, 0.05) is 10.9 Å². The third-order valence-corrected chi connectivity index (χ3v) is 6.90. The molecular weight excluding hydrogens is 397 g/mol. The molecule has 0 atom stereocenters. The number of hydrogen-bond acceptors (Lipinski definition) is 1. The fourth-order valence-corrected chi connectivity index (χ4v) is 5.14. The molecule has 0 amide bonds. The van der Waals surface area contributed by atoms with E-state index in [1.807, 2.05) is 18.2 Å². The van der Waals surface area contributed by atoms with E-state index in [4.69, 9.17) is 4.74 Å². The van der Waals surface area contributed by atoms with Crippen LogP contribution in [0.1, 0.15) is 102 Å². The molecule has 2 aromatic rings. The van der Waals surface area contributed by atoms with E-state index in [1.54, 1.807) is 6.07 Å². The smallest absolute Gasteiger partial charge is 0.387 e. The van der Waals surface area contributed by atoms with Crippen molar-refractivity contribution in [2.75, 3.05) is 0 Å². The molecular formula is C27H37F3O. The number of rotatable bonds is 11. The Hall–Kier alpha value is -1.71. The van der Waals surface area contributed by atoms with Gasteiger partial charge in [-0.1, -0.05) is 70.6 Å². The molecule has 0 aliphatic heterocycles. The van der Waals surface area contributed by atoms with Gasteiger partial charge in [-0.3, -0.25) is 0 Å². The molecule has 1 nitrogen and oxygen atoms in total. The number of hydrogen-bond donors (Lipinski definition) is 0. The van der Waals surface area contributed by atoms with Crippen LogP contribution >= 0.6 is 0 Å². The Morgan fingerprint density at radius 3 is 2.32 bits per heavy atom. The predicted molar refractivity (Wildman–Crippen MR) is 123 cm³/mol. The van der Waals surface area contributed by atoms with E-state index >= 15 is 4.39 Å². The maximum Gasteiger partial charge on any atom is 0.387 e. The van der Waals surface area contributed by atoms with Crippen LogP contribution in [-0.2, 0) is 6.42 Å². The fourth-order valence-electron chi connectivity index (χ4n) is 5.14. The lowest BCUT2D eigenvalue weighted by molar-refractivity contribution is -0.0508. The highest BCUT2D eigenvalue weighted by molar-refractivity contribution is 5.86. The second-order valence-corrected chi connectivity index (χ2v) is 9.21. The van der Waals surface area contributed by atoms with Gasteiger partial charge >= 0.3 is 6.61 Å². The van der Waals surface area contributed by atoms with Gasteiger partial charge in [0.2, 0.25) is 0 Å². The lowest BCUT2D eigenvalue weighted by atomic mass is 9.76. The number of fused-ring (bicyclic) bond motifs is 1. The largest absolute Gasteiger partial charge is 0.434 e. The summed E-state index contributed by atoms with van der Waals surface area (Å²) in [5.74, 6) is 0.282. The Morgan fingerprint density at radius 1 is 0.935 bits per heavy atom. The molecule has 0 unspecified atom stereocenters. The molecule has 1 aliphatic rings. The van der Waals surface area contributed by atoms with Gasteiger partial charge in [0.05, 0.1) is 0 Å². The molecule has 0 spiro atoms. The average Bonchev–Trinajstić information content (AvgIpc) is 2.74. The minimum atomic E-state index is -2.95. The summed E-state index contributed by atoms with van der Waals surface area (Å²) < 4.78 is 46.8. The van der Waals surface area contributed by atoms with Crippen molar-refractivity contribution in [2.45, 2.75) is 103 Å². The zero-order chi connectivity index (χ0) is 22.2. The van der Waals surface area contributed by atoms with E-state index in [-0.39, 0.29) is 17.5 Å². The van der Waals surface area contributed by atoms with E-state index in [9.17, 15) is 8.78 Å². The predicted octanol–water partition coefficient (Wildman–Crippen LogP) is 9.17. The van der Waals surface area contributed by atoms with Crippen LogP contribution in [0.2, 0.25) is 0 Å². The summed E-state index contributed by atoms with van der Waals surface area (Å²) >= 11 is 0. The highest BCUT2D eigenvalue weighted by atomic mass is 19.3. The average molecular weight is 435 g/mol. The number of unbranched alkanes of at least 4 members (excludes halogenated alkanes) is 4. The van der Waals surface area contributed by atoms with Crippen molar-refractivity contribution >= 4 is 10.8 Å². The Labute approximate surface area is 185 Å². The number of aryl methyl sites for hydroxylation is 1. The Morgan fingerprint density at radius 2 is 1.65 bits per heavy atom. The molecule has 0 heterocycles. The third kappa shape index (κ3) is 6.40. The van der Waals surface area contributed by atoms with Gasteiger partial charge in [0.1, 0.15) is 11.6 Å². The van der Waals surface area contributed by atoms with Crippen molar-refractivity contribution in [3.8, 4) is 5.75 Å². The summed E-state index contributed by atoms with van der Waals surface area (Å²) in [5, 5.41) is 1.17. The van der Waals surface area contributed by atoms with Gasteiger partial charge in [-0.15, -0.1) is 0 Å². The van der Waals surface area contributed by atoms with Crippen molar-refractivity contribution in [1.29, 1.82) is 0 Å². The molecule has 1 saturated carbocycles. The third-order valence-electron chi connectivity index (χ3n) is 6.90. The lowest BCUT2D eigenvalue weighted by Crippen LogP contribution is -2.16. The second kappa shape index (κ2) is 11.8. The standard InChI is InChI=1S/C27H37F3O/c1-3-5-7-9-19-11-14-21(15-12-19)25-24(31-27(29)30)18-22-17-20(10-8-6-4-2)13-16-23(22)26(25)28/h13,16-19,21,27H,3-12,14-15H2,1-2H3. The minimum absolute atomic E-state index is 0.0279. The summed E-state index contributed by atoms with van der Waals surface area (Å²) in [7, 11) is 0. The molecule has 0 N–H and O–H groups in total. The summed E-state index contributed by atoms with van der Waals surface area (Å²) in [6.07, 6.45) is 13.0. The molecule has 0 aromatic heterocycles. The first-order valence-corrected chi connectivity index (χ1v) is 12.2. The summed E-state index contributed by atoms with van der Waals surface area (Å²) in [6.45, 7) is 1.41. The second-order valence-electron chi connectivity index (χ2n) is 9.21. The van der Waals surface area contributed by atoms with Gasteiger partial charge in [-0.25, -0.2) is 4.39 Å². The van der Waals surface area contributed by atoms with Crippen LogP contribution in [0.25, 0.3) is 10.8 Å². The zero-order valence-corrected chi connectivity index (χ0v) is 19.1. The Bertz CT molecular complexity index is 825. The van der Waals surface area contributed by atoms with Gasteiger partial charge in [0.25, 0.3) is 0 Å².